The Bertz CT molecular complexity index is 892. The molecule has 1 atom stereocenters. The smallest absolute Gasteiger partial charge is 0.293 e. The molecule has 2 aromatic rings. The molecule has 146 valence electrons. The first-order chi connectivity index (χ1) is 12.9. The summed E-state index contributed by atoms with van der Waals surface area (Å²) in [6.07, 6.45) is 4.99. The van der Waals surface area contributed by atoms with Gasteiger partial charge < -0.3 is 9.73 Å². The molecule has 0 bridgehead atoms. The molecule has 10 heteroatoms. The summed E-state index contributed by atoms with van der Waals surface area (Å²) in [5.41, 5.74) is -0.0978. The molecule has 0 spiro atoms. The van der Waals surface area contributed by atoms with Crippen LogP contribution in [0.15, 0.2) is 45.9 Å². The third-order valence-electron chi connectivity index (χ3n) is 4.68. The van der Waals surface area contributed by atoms with E-state index in [0.717, 1.165) is 37.8 Å². The van der Waals surface area contributed by atoms with E-state index in [4.69, 9.17) is 9.56 Å². The Labute approximate surface area is 157 Å². The number of hydrogen-bond acceptors (Lipinski definition) is 7. The number of rotatable bonds is 7. The number of nitrogens with two attached hydrogens (primary N) is 1. The number of furan rings is 1. The number of nitrogens with one attached hydrogen (secondary N) is 1. The number of primary sulfonamides is 1. The molecule has 1 saturated heterocycles. The van der Waals surface area contributed by atoms with Crippen molar-refractivity contribution in [2.45, 2.75) is 30.2 Å². The second-order valence-corrected chi connectivity index (χ2v) is 8.05. The molecular weight excluding hydrogens is 372 g/mol. The standard InChI is InChI=1S/C17H22N4O5S/c18-27(24,25)13-6-7-14(15(11-13)21(22)23)19-12-16(17-5-4-10-26-17)20-8-2-1-3-9-20/h4-7,10-11,16,19H,1-3,8-9,12H2,(H2,18,24,25). The van der Waals surface area contributed by atoms with Crippen molar-refractivity contribution in [1.29, 1.82) is 0 Å². The molecule has 1 aromatic heterocycles. The van der Waals surface area contributed by atoms with Gasteiger partial charge >= 0.3 is 0 Å². The van der Waals surface area contributed by atoms with E-state index >= 15 is 0 Å². The van der Waals surface area contributed by atoms with Crippen LogP contribution in [-0.4, -0.2) is 37.9 Å². The molecule has 1 aliphatic rings. The maximum Gasteiger partial charge on any atom is 0.293 e. The molecule has 0 radical (unpaired) electrons. The van der Waals surface area contributed by atoms with Crippen LogP contribution in [0.3, 0.4) is 0 Å². The van der Waals surface area contributed by atoms with E-state index in [2.05, 4.69) is 10.2 Å². The number of likely N-dealkylation sites (tertiary alicyclic amines) is 1. The second kappa shape index (κ2) is 8.07. The lowest BCUT2D eigenvalue weighted by Gasteiger charge is -2.33. The fourth-order valence-electron chi connectivity index (χ4n) is 3.32. The van der Waals surface area contributed by atoms with Crippen LogP contribution >= 0.6 is 0 Å². The first-order valence-corrected chi connectivity index (χ1v) is 10.2. The maximum absolute atomic E-state index is 11.5. The lowest BCUT2D eigenvalue weighted by molar-refractivity contribution is -0.384. The van der Waals surface area contributed by atoms with Gasteiger partial charge in [-0.1, -0.05) is 6.42 Å². The predicted octanol–water partition coefficient (Wildman–Crippen LogP) is 2.47. The van der Waals surface area contributed by atoms with Gasteiger partial charge in [-0.15, -0.1) is 0 Å². The molecule has 27 heavy (non-hydrogen) atoms. The minimum atomic E-state index is -4.01. The van der Waals surface area contributed by atoms with E-state index in [1.54, 1.807) is 6.26 Å². The molecule has 3 N–H and O–H groups in total. The van der Waals surface area contributed by atoms with Gasteiger partial charge in [0.05, 0.1) is 22.1 Å². The Morgan fingerprint density at radius 2 is 2.00 bits per heavy atom. The maximum atomic E-state index is 11.5. The van der Waals surface area contributed by atoms with E-state index in [0.29, 0.717) is 6.54 Å². The highest BCUT2D eigenvalue weighted by atomic mass is 32.2. The Morgan fingerprint density at radius 3 is 2.59 bits per heavy atom. The molecule has 1 unspecified atom stereocenters. The normalized spacial score (nSPS) is 16.8. The van der Waals surface area contributed by atoms with Crippen molar-refractivity contribution in [3.8, 4) is 0 Å². The summed E-state index contributed by atoms with van der Waals surface area (Å²) in [6.45, 7) is 2.25. The van der Waals surface area contributed by atoms with Gasteiger partial charge in [-0.2, -0.15) is 0 Å². The van der Waals surface area contributed by atoms with Gasteiger partial charge in [0.25, 0.3) is 5.69 Å². The zero-order chi connectivity index (χ0) is 19.4. The second-order valence-electron chi connectivity index (χ2n) is 6.49. The van der Waals surface area contributed by atoms with E-state index in [1.807, 2.05) is 12.1 Å². The van der Waals surface area contributed by atoms with Crippen molar-refractivity contribution in [3.63, 3.8) is 0 Å². The molecular formula is C17H22N4O5S. The van der Waals surface area contributed by atoms with E-state index in [1.165, 1.54) is 18.6 Å². The van der Waals surface area contributed by atoms with Crippen molar-refractivity contribution in [3.05, 3.63) is 52.5 Å². The number of benzene rings is 1. The summed E-state index contributed by atoms with van der Waals surface area (Å²) in [5.74, 6) is 0.785. The zero-order valence-electron chi connectivity index (χ0n) is 14.7. The third-order valence-corrected chi connectivity index (χ3v) is 5.59. The summed E-state index contributed by atoms with van der Waals surface area (Å²) in [7, 11) is -4.01. The first-order valence-electron chi connectivity index (χ1n) is 8.69. The van der Waals surface area contributed by atoms with Crippen molar-refractivity contribution < 1.29 is 17.8 Å². The van der Waals surface area contributed by atoms with Crippen LogP contribution in [0, 0.1) is 10.1 Å². The van der Waals surface area contributed by atoms with Gasteiger partial charge in [-0.25, -0.2) is 13.6 Å². The van der Waals surface area contributed by atoms with Gasteiger partial charge in [-0.05, 0) is 50.2 Å². The van der Waals surface area contributed by atoms with E-state index in [-0.39, 0.29) is 22.3 Å². The van der Waals surface area contributed by atoms with Crippen molar-refractivity contribution in [2.24, 2.45) is 5.14 Å². The van der Waals surface area contributed by atoms with Crippen LogP contribution in [-0.2, 0) is 10.0 Å². The molecule has 9 nitrogen and oxygen atoms in total. The number of nitro groups is 1. The van der Waals surface area contributed by atoms with Gasteiger partial charge in [-0.3, -0.25) is 15.0 Å². The lowest BCUT2D eigenvalue weighted by atomic mass is 10.1. The van der Waals surface area contributed by atoms with E-state index < -0.39 is 14.9 Å². The largest absolute Gasteiger partial charge is 0.468 e. The Kier molecular flexibility index (Phi) is 5.78. The predicted molar refractivity (Wildman–Crippen MR) is 99.8 cm³/mol. The highest BCUT2D eigenvalue weighted by Crippen LogP contribution is 2.30. The number of sulfonamides is 1. The number of nitro benzene ring substituents is 1. The molecule has 2 heterocycles. The van der Waals surface area contributed by atoms with Crippen LogP contribution in [0.25, 0.3) is 0 Å². The average Bonchev–Trinajstić information content (AvgIpc) is 3.16. The Balaban J connectivity index is 1.83. The Hall–Kier alpha value is -2.43. The number of anilines is 1. The van der Waals surface area contributed by atoms with Gasteiger partial charge in [0, 0.05) is 12.6 Å². The molecule has 0 saturated carbocycles. The van der Waals surface area contributed by atoms with Crippen molar-refractivity contribution in [1.82, 2.24) is 4.90 Å². The van der Waals surface area contributed by atoms with Crippen LogP contribution in [0.2, 0.25) is 0 Å². The number of hydrogen-bond donors (Lipinski definition) is 2. The number of nitrogens with zero attached hydrogens (tertiary/aromatic N) is 2. The average molecular weight is 394 g/mol. The van der Waals surface area contributed by atoms with Crippen molar-refractivity contribution >= 4 is 21.4 Å². The topological polar surface area (TPSA) is 132 Å². The van der Waals surface area contributed by atoms with Crippen LogP contribution in [0.5, 0.6) is 0 Å². The fourth-order valence-corrected chi connectivity index (χ4v) is 3.85. The first kappa shape index (κ1) is 19.3. The molecule has 1 aromatic carbocycles. The van der Waals surface area contributed by atoms with Gasteiger partial charge in [0.2, 0.25) is 10.0 Å². The molecule has 0 amide bonds. The van der Waals surface area contributed by atoms with E-state index in [9.17, 15) is 18.5 Å². The van der Waals surface area contributed by atoms with Crippen molar-refractivity contribution in [2.75, 3.05) is 25.0 Å². The van der Waals surface area contributed by atoms with Crippen LogP contribution < -0.4 is 10.5 Å². The summed E-state index contributed by atoms with van der Waals surface area (Å²) < 4.78 is 28.5. The SMILES string of the molecule is NS(=O)(=O)c1ccc(NCC(c2ccco2)N2CCCCC2)c([N+](=O)[O-])c1. The zero-order valence-corrected chi connectivity index (χ0v) is 15.5. The number of piperidine rings is 1. The highest BCUT2D eigenvalue weighted by molar-refractivity contribution is 7.89. The summed E-state index contributed by atoms with van der Waals surface area (Å²) in [5, 5.41) is 19.5. The lowest BCUT2D eigenvalue weighted by Crippen LogP contribution is -2.37. The minimum Gasteiger partial charge on any atom is -0.468 e. The minimum absolute atomic E-state index is 0.0715. The molecule has 3 rings (SSSR count). The van der Waals surface area contributed by atoms with Gasteiger partial charge in [0.1, 0.15) is 11.4 Å². The third kappa shape index (κ3) is 4.65. The highest BCUT2D eigenvalue weighted by Gasteiger charge is 2.26. The van der Waals surface area contributed by atoms with Crippen LogP contribution in [0.1, 0.15) is 31.1 Å². The van der Waals surface area contributed by atoms with Crippen LogP contribution in [0.4, 0.5) is 11.4 Å². The molecule has 0 aliphatic carbocycles. The summed E-state index contributed by atoms with van der Waals surface area (Å²) >= 11 is 0. The fraction of sp³-hybridized carbons (Fsp3) is 0.412. The quantitative estimate of drug-likeness (QED) is 0.544. The summed E-state index contributed by atoms with van der Waals surface area (Å²) in [4.78, 5) is 12.8. The Morgan fingerprint density at radius 1 is 1.26 bits per heavy atom. The summed E-state index contributed by atoms with van der Waals surface area (Å²) in [6, 6.07) is 7.23. The molecule has 1 aliphatic heterocycles. The molecule has 1 fully saturated rings. The van der Waals surface area contributed by atoms with Gasteiger partial charge in [0.15, 0.2) is 0 Å². The monoisotopic (exact) mass is 394 g/mol.